The van der Waals surface area contributed by atoms with Gasteiger partial charge in [-0.05, 0) is 79.5 Å². The Labute approximate surface area is 132 Å². The van der Waals surface area contributed by atoms with Crippen molar-refractivity contribution in [2.75, 3.05) is 0 Å². The molecule has 2 saturated carbocycles. The van der Waals surface area contributed by atoms with Crippen molar-refractivity contribution in [1.29, 1.82) is 0 Å². The van der Waals surface area contributed by atoms with Gasteiger partial charge in [0, 0.05) is 5.41 Å². The summed E-state index contributed by atoms with van der Waals surface area (Å²) in [5.74, 6) is 2.16. The highest BCUT2D eigenvalue weighted by molar-refractivity contribution is 5.40. The molecule has 1 aromatic carbocycles. The van der Waals surface area contributed by atoms with Crippen molar-refractivity contribution in [2.45, 2.75) is 57.0 Å². The van der Waals surface area contributed by atoms with Crippen molar-refractivity contribution in [3.8, 4) is 5.75 Å². The molecule has 3 aliphatic carbocycles. The van der Waals surface area contributed by atoms with Crippen LogP contribution in [0, 0.1) is 23.8 Å². The van der Waals surface area contributed by atoms with Crippen LogP contribution in [0.15, 0.2) is 24.3 Å². The molecule has 0 aliphatic heterocycles. The number of aryl methyl sites for hydroxylation is 1. The molecule has 0 heterocycles. The van der Waals surface area contributed by atoms with Crippen LogP contribution < -0.4 is 0 Å². The van der Waals surface area contributed by atoms with E-state index in [2.05, 4.69) is 13.0 Å². The first-order valence-corrected chi connectivity index (χ1v) is 8.59. The van der Waals surface area contributed by atoms with Crippen LogP contribution in [0.5, 0.6) is 5.75 Å². The summed E-state index contributed by atoms with van der Waals surface area (Å²) in [4.78, 5) is 0. The number of phenolic OH excluding ortho intramolecular Hbond substituents is 1. The average Bonchev–Trinajstić information content (AvgIpc) is 2.79. The standard InChI is InChI=1S/C20H25O2/c1-3-20(22)11-9-18-17-6-4-13-12-14(21)5-7-15(13)16(17)8-10-19(18,20)2/h1,3,5,7,12,16-18,21-22H,4,6,8-11H2,2H3/t16?,17?,18?,19-,20-/m0/s1. The molecule has 3 aliphatic rings. The van der Waals surface area contributed by atoms with Crippen molar-refractivity contribution < 1.29 is 10.2 Å². The molecule has 4 rings (SSSR count). The zero-order chi connectivity index (χ0) is 15.5. The Balaban J connectivity index is 1.72. The summed E-state index contributed by atoms with van der Waals surface area (Å²) < 4.78 is 0. The first-order chi connectivity index (χ1) is 10.5. The second kappa shape index (κ2) is 4.61. The first-order valence-electron chi connectivity index (χ1n) is 8.59. The molecule has 2 N–H and O–H groups in total. The van der Waals surface area contributed by atoms with E-state index in [9.17, 15) is 10.2 Å². The molecule has 5 atom stereocenters. The third-order valence-electron chi connectivity index (χ3n) is 7.20. The van der Waals surface area contributed by atoms with Crippen LogP contribution in [-0.4, -0.2) is 15.8 Å². The molecule has 1 aromatic rings. The number of hydrogen-bond acceptors (Lipinski definition) is 2. The van der Waals surface area contributed by atoms with E-state index >= 15 is 0 Å². The van der Waals surface area contributed by atoms with Gasteiger partial charge in [-0.25, -0.2) is 0 Å². The highest BCUT2D eigenvalue weighted by Gasteiger charge is 2.60. The van der Waals surface area contributed by atoms with Crippen LogP contribution in [0.25, 0.3) is 0 Å². The predicted molar refractivity (Wildman–Crippen MR) is 86.5 cm³/mol. The molecule has 2 nitrogen and oxygen atoms in total. The Bertz CT molecular complexity index is 622. The minimum Gasteiger partial charge on any atom is -0.508 e. The van der Waals surface area contributed by atoms with E-state index in [0.29, 0.717) is 23.5 Å². The van der Waals surface area contributed by atoms with Gasteiger partial charge in [-0.1, -0.05) is 25.6 Å². The van der Waals surface area contributed by atoms with E-state index in [1.54, 1.807) is 6.08 Å². The number of hydrogen-bond donors (Lipinski definition) is 2. The number of phenols is 1. The van der Waals surface area contributed by atoms with Crippen LogP contribution >= 0.6 is 0 Å². The molecule has 1 radical (unpaired) electrons. The number of aromatic hydroxyl groups is 1. The zero-order valence-corrected chi connectivity index (χ0v) is 13.3. The number of benzene rings is 1. The quantitative estimate of drug-likeness (QED) is 0.823. The zero-order valence-electron chi connectivity index (χ0n) is 13.3. The average molecular weight is 297 g/mol. The summed E-state index contributed by atoms with van der Waals surface area (Å²) >= 11 is 0. The number of aliphatic hydroxyl groups is 1. The van der Waals surface area contributed by atoms with E-state index in [1.807, 2.05) is 12.1 Å². The third-order valence-corrected chi connectivity index (χ3v) is 7.20. The summed E-state index contributed by atoms with van der Waals surface area (Å²) in [6.07, 6.45) is 7.80. The highest BCUT2D eigenvalue weighted by Crippen LogP contribution is 2.64. The van der Waals surface area contributed by atoms with Crippen LogP contribution in [0.1, 0.15) is 56.1 Å². The summed E-state index contributed by atoms with van der Waals surface area (Å²) in [6, 6.07) is 5.89. The van der Waals surface area contributed by atoms with Crippen LogP contribution in [0.2, 0.25) is 0 Å². The molecule has 0 spiro atoms. The van der Waals surface area contributed by atoms with Gasteiger partial charge in [0.15, 0.2) is 0 Å². The SMILES string of the molecule is [CH]=C[C@]1(O)CCC2C3CCc4cc(O)ccc4C3CC[C@@]21C. The van der Waals surface area contributed by atoms with Crippen molar-refractivity contribution in [1.82, 2.24) is 0 Å². The van der Waals surface area contributed by atoms with Crippen LogP contribution in [0.3, 0.4) is 0 Å². The van der Waals surface area contributed by atoms with E-state index in [0.717, 1.165) is 32.1 Å². The summed E-state index contributed by atoms with van der Waals surface area (Å²) in [7, 11) is 0. The van der Waals surface area contributed by atoms with Crippen LogP contribution in [-0.2, 0) is 6.42 Å². The van der Waals surface area contributed by atoms with Gasteiger partial charge < -0.3 is 10.2 Å². The fraction of sp³-hybridized carbons (Fsp3) is 0.600. The predicted octanol–water partition coefficient (Wildman–Crippen LogP) is 3.97. The van der Waals surface area contributed by atoms with Gasteiger partial charge >= 0.3 is 0 Å². The second-order valence-corrected chi connectivity index (χ2v) is 7.88. The van der Waals surface area contributed by atoms with Gasteiger partial charge in [0.1, 0.15) is 5.75 Å². The van der Waals surface area contributed by atoms with Crippen molar-refractivity contribution in [3.63, 3.8) is 0 Å². The first kappa shape index (κ1) is 14.3. The minimum absolute atomic E-state index is 0.0721. The maximum absolute atomic E-state index is 11.0. The fourth-order valence-electron chi connectivity index (χ4n) is 5.89. The topological polar surface area (TPSA) is 40.5 Å². The molecule has 3 unspecified atom stereocenters. The van der Waals surface area contributed by atoms with E-state index in [-0.39, 0.29) is 5.41 Å². The lowest BCUT2D eigenvalue weighted by molar-refractivity contribution is -0.0709. The van der Waals surface area contributed by atoms with Crippen molar-refractivity contribution in [3.05, 3.63) is 42.0 Å². The Morgan fingerprint density at radius 2 is 2.05 bits per heavy atom. The minimum atomic E-state index is -0.794. The summed E-state index contributed by atoms with van der Waals surface area (Å²) in [5.41, 5.74) is 1.89. The summed E-state index contributed by atoms with van der Waals surface area (Å²) in [5, 5.41) is 20.7. The lowest BCUT2D eigenvalue weighted by Gasteiger charge is -2.52. The molecule has 0 amide bonds. The van der Waals surface area contributed by atoms with Crippen molar-refractivity contribution >= 4 is 0 Å². The highest BCUT2D eigenvalue weighted by atomic mass is 16.3. The van der Waals surface area contributed by atoms with Gasteiger partial charge in [-0.15, -0.1) is 0 Å². The van der Waals surface area contributed by atoms with Gasteiger partial charge in [-0.2, -0.15) is 0 Å². The van der Waals surface area contributed by atoms with E-state index in [4.69, 9.17) is 6.58 Å². The Morgan fingerprint density at radius 3 is 2.82 bits per heavy atom. The normalized spacial score (nSPS) is 43.1. The molecule has 22 heavy (non-hydrogen) atoms. The van der Waals surface area contributed by atoms with Crippen LogP contribution in [0.4, 0.5) is 0 Å². The molecule has 0 bridgehead atoms. The van der Waals surface area contributed by atoms with E-state index < -0.39 is 5.60 Å². The van der Waals surface area contributed by atoms with Gasteiger partial charge in [0.05, 0.1) is 5.60 Å². The molecular formula is C20H25O2. The molecule has 117 valence electrons. The van der Waals surface area contributed by atoms with Gasteiger partial charge in [0.25, 0.3) is 0 Å². The summed E-state index contributed by atoms with van der Waals surface area (Å²) in [6.45, 7) is 8.07. The number of rotatable bonds is 1. The molecule has 2 fully saturated rings. The largest absolute Gasteiger partial charge is 0.508 e. The molecular weight excluding hydrogens is 272 g/mol. The Morgan fingerprint density at radius 1 is 1.23 bits per heavy atom. The molecule has 0 aromatic heterocycles. The van der Waals surface area contributed by atoms with Gasteiger partial charge in [-0.3, -0.25) is 0 Å². The van der Waals surface area contributed by atoms with Crippen molar-refractivity contribution in [2.24, 2.45) is 17.3 Å². The maximum Gasteiger partial charge on any atom is 0.115 e. The molecule has 0 saturated heterocycles. The van der Waals surface area contributed by atoms with E-state index in [1.165, 1.54) is 17.5 Å². The monoisotopic (exact) mass is 297 g/mol. The van der Waals surface area contributed by atoms with Gasteiger partial charge in [0.2, 0.25) is 0 Å². The number of fused-ring (bicyclic) bond motifs is 5. The Kier molecular flexibility index (Phi) is 3.00. The molecule has 2 heteroatoms. The third kappa shape index (κ3) is 1.70. The fourth-order valence-corrected chi connectivity index (χ4v) is 5.89. The lowest BCUT2D eigenvalue weighted by atomic mass is 9.53. The Hall–Kier alpha value is -1.28. The lowest BCUT2D eigenvalue weighted by Crippen LogP contribution is -2.49. The smallest absolute Gasteiger partial charge is 0.115 e. The second-order valence-electron chi connectivity index (χ2n) is 7.88. The maximum atomic E-state index is 11.0.